The third kappa shape index (κ3) is 5.29. The highest BCUT2D eigenvalue weighted by molar-refractivity contribution is 7.98. The van der Waals surface area contributed by atoms with Crippen LogP contribution in [0.5, 0.6) is 0 Å². The van der Waals surface area contributed by atoms with Gasteiger partial charge in [0.05, 0.1) is 0 Å². The molecule has 2 rings (SSSR count). The average molecular weight is 297 g/mol. The van der Waals surface area contributed by atoms with E-state index in [1.54, 1.807) is 11.8 Å². The lowest BCUT2D eigenvalue weighted by Gasteiger charge is -2.23. The number of halogens is 2. The lowest BCUT2D eigenvalue weighted by Crippen LogP contribution is -2.35. The summed E-state index contributed by atoms with van der Waals surface area (Å²) in [6.07, 6.45) is 8.04. The van der Waals surface area contributed by atoms with E-state index in [1.165, 1.54) is 0 Å². The quantitative estimate of drug-likeness (QED) is 0.838. The summed E-state index contributed by atoms with van der Waals surface area (Å²) in [7, 11) is 0. The maximum absolute atomic E-state index is 4.28. The topological polar surface area (TPSA) is 49.8 Å². The average Bonchev–Trinajstić information content (AvgIpc) is 2.31. The standard InChI is InChI=1S/C10H16N4S.2ClH/c1-15-9-6-12-10(13-7-9)14-8-2-4-11-5-3-8;;/h6-8,11H,2-5H2,1H3,(H,12,13,14);2*1H. The fraction of sp³-hybridized carbons (Fsp3) is 0.600. The van der Waals surface area contributed by atoms with Crippen LogP contribution in [0.3, 0.4) is 0 Å². The van der Waals surface area contributed by atoms with Crippen molar-refractivity contribution in [1.29, 1.82) is 0 Å². The van der Waals surface area contributed by atoms with Gasteiger partial charge in [0.25, 0.3) is 0 Å². The minimum Gasteiger partial charge on any atom is -0.351 e. The number of piperidine rings is 1. The van der Waals surface area contributed by atoms with Crippen LogP contribution in [0.4, 0.5) is 5.95 Å². The van der Waals surface area contributed by atoms with Crippen LogP contribution in [-0.2, 0) is 0 Å². The third-order valence-corrected chi connectivity index (χ3v) is 3.22. The maximum Gasteiger partial charge on any atom is 0.222 e. The zero-order chi connectivity index (χ0) is 10.5. The summed E-state index contributed by atoms with van der Waals surface area (Å²) in [5.41, 5.74) is 0. The van der Waals surface area contributed by atoms with Crippen molar-refractivity contribution in [3.63, 3.8) is 0 Å². The first-order valence-corrected chi connectivity index (χ1v) is 6.44. The van der Waals surface area contributed by atoms with Crippen LogP contribution in [0.15, 0.2) is 17.3 Å². The molecule has 1 aliphatic rings. The molecular formula is C10H18Cl2N4S. The minimum atomic E-state index is 0. The Morgan fingerprint density at radius 1 is 1.24 bits per heavy atom. The van der Waals surface area contributed by atoms with Gasteiger partial charge in [-0.1, -0.05) is 0 Å². The van der Waals surface area contributed by atoms with E-state index in [0.717, 1.165) is 36.8 Å². The van der Waals surface area contributed by atoms with E-state index in [-0.39, 0.29) is 24.8 Å². The molecular weight excluding hydrogens is 279 g/mol. The zero-order valence-corrected chi connectivity index (χ0v) is 12.1. The highest BCUT2D eigenvalue weighted by Gasteiger charge is 2.13. The van der Waals surface area contributed by atoms with Crippen molar-refractivity contribution in [2.24, 2.45) is 0 Å². The number of hydrogen-bond acceptors (Lipinski definition) is 5. The van der Waals surface area contributed by atoms with Crippen molar-refractivity contribution in [2.75, 3.05) is 24.7 Å². The van der Waals surface area contributed by atoms with Crippen LogP contribution in [0.1, 0.15) is 12.8 Å². The number of nitrogens with zero attached hydrogens (tertiary/aromatic N) is 2. The van der Waals surface area contributed by atoms with Gasteiger partial charge in [-0.15, -0.1) is 36.6 Å². The van der Waals surface area contributed by atoms with E-state index < -0.39 is 0 Å². The SMILES string of the molecule is CSc1cnc(NC2CCNCC2)nc1.Cl.Cl. The first-order chi connectivity index (χ1) is 7.38. The van der Waals surface area contributed by atoms with Gasteiger partial charge in [-0.2, -0.15) is 0 Å². The first-order valence-electron chi connectivity index (χ1n) is 5.22. The number of thioether (sulfide) groups is 1. The van der Waals surface area contributed by atoms with Gasteiger partial charge in [-0.05, 0) is 32.2 Å². The summed E-state index contributed by atoms with van der Waals surface area (Å²) in [4.78, 5) is 9.66. The molecule has 17 heavy (non-hydrogen) atoms. The van der Waals surface area contributed by atoms with Crippen LogP contribution >= 0.6 is 36.6 Å². The molecule has 1 aliphatic heterocycles. The number of anilines is 1. The summed E-state index contributed by atoms with van der Waals surface area (Å²) >= 11 is 1.66. The predicted molar refractivity (Wildman–Crippen MR) is 77.8 cm³/mol. The van der Waals surface area contributed by atoms with Gasteiger partial charge in [0, 0.05) is 23.3 Å². The summed E-state index contributed by atoms with van der Waals surface area (Å²) in [5, 5.41) is 6.70. The van der Waals surface area contributed by atoms with E-state index in [2.05, 4.69) is 20.6 Å². The molecule has 0 atom stereocenters. The third-order valence-electron chi connectivity index (χ3n) is 2.54. The van der Waals surface area contributed by atoms with Gasteiger partial charge < -0.3 is 10.6 Å². The van der Waals surface area contributed by atoms with Gasteiger partial charge in [0.15, 0.2) is 0 Å². The zero-order valence-electron chi connectivity index (χ0n) is 9.68. The van der Waals surface area contributed by atoms with Crippen molar-refractivity contribution in [1.82, 2.24) is 15.3 Å². The summed E-state index contributed by atoms with van der Waals surface area (Å²) in [5.74, 6) is 0.750. The molecule has 4 nitrogen and oxygen atoms in total. The monoisotopic (exact) mass is 296 g/mol. The molecule has 7 heteroatoms. The van der Waals surface area contributed by atoms with Crippen LogP contribution in [-0.4, -0.2) is 35.4 Å². The Hall–Kier alpha value is -0.230. The molecule has 1 aromatic heterocycles. The summed E-state index contributed by atoms with van der Waals surface area (Å²) in [6.45, 7) is 2.17. The molecule has 0 saturated carbocycles. The van der Waals surface area contributed by atoms with Gasteiger partial charge in [-0.3, -0.25) is 0 Å². The van der Waals surface area contributed by atoms with Crippen molar-refractivity contribution in [2.45, 2.75) is 23.8 Å². The molecule has 1 fully saturated rings. The lowest BCUT2D eigenvalue weighted by atomic mass is 10.1. The van der Waals surface area contributed by atoms with Crippen LogP contribution in [0.25, 0.3) is 0 Å². The molecule has 0 aliphatic carbocycles. The van der Waals surface area contributed by atoms with Crippen molar-refractivity contribution >= 4 is 42.5 Å². The van der Waals surface area contributed by atoms with Crippen LogP contribution in [0, 0.1) is 0 Å². The van der Waals surface area contributed by atoms with E-state index in [9.17, 15) is 0 Å². The number of aromatic nitrogens is 2. The second-order valence-electron chi connectivity index (χ2n) is 3.62. The Morgan fingerprint density at radius 2 is 1.82 bits per heavy atom. The molecule has 0 amide bonds. The van der Waals surface area contributed by atoms with Gasteiger partial charge in [0.2, 0.25) is 5.95 Å². The van der Waals surface area contributed by atoms with Gasteiger partial charge >= 0.3 is 0 Å². The first kappa shape index (κ1) is 16.8. The second-order valence-corrected chi connectivity index (χ2v) is 4.49. The molecule has 0 unspecified atom stereocenters. The maximum atomic E-state index is 4.28. The van der Waals surface area contributed by atoms with E-state index in [1.807, 2.05) is 18.6 Å². The molecule has 98 valence electrons. The highest BCUT2D eigenvalue weighted by atomic mass is 35.5. The van der Waals surface area contributed by atoms with Crippen molar-refractivity contribution < 1.29 is 0 Å². The van der Waals surface area contributed by atoms with Crippen molar-refractivity contribution in [3.05, 3.63) is 12.4 Å². The molecule has 1 aromatic rings. The summed E-state index contributed by atoms with van der Waals surface area (Å²) < 4.78 is 0. The lowest BCUT2D eigenvalue weighted by molar-refractivity contribution is 0.477. The molecule has 0 spiro atoms. The number of rotatable bonds is 3. The molecule has 2 N–H and O–H groups in total. The minimum absolute atomic E-state index is 0. The predicted octanol–water partition coefficient (Wildman–Crippen LogP) is 2.21. The van der Waals surface area contributed by atoms with E-state index in [0.29, 0.717) is 6.04 Å². The van der Waals surface area contributed by atoms with E-state index in [4.69, 9.17) is 0 Å². The molecule has 0 radical (unpaired) electrons. The van der Waals surface area contributed by atoms with Crippen LogP contribution < -0.4 is 10.6 Å². The second kappa shape index (κ2) is 8.80. The molecule has 1 saturated heterocycles. The highest BCUT2D eigenvalue weighted by Crippen LogP contribution is 2.13. The Bertz CT molecular complexity index is 304. The normalized spacial score (nSPS) is 15.6. The number of nitrogens with one attached hydrogen (secondary N) is 2. The fourth-order valence-corrected chi connectivity index (χ4v) is 1.96. The molecule has 0 aromatic carbocycles. The Labute approximate surface area is 119 Å². The fourth-order valence-electron chi connectivity index (χ4n) is 1.64. The van der Waals surface area contributed by atoms with E-state index >= 15 is 0 Å². The Kier molecular flexibility index (Phi) is 8.68. The van der Waals surface area contributed by atoms with Gasteiger partial charge in [0.1, 0.15) is 0 Å². The smallest absolute Gasteiger partial charge is 0.222 e. The molecule has 0 bridgehead atoms. The van der Waals surface area contributed by atoms with Crippen molar-refractivity contribution in [3.8, 4) is 0 Å². The number of hydrogen-bond donors (Lipinski definition) is 2. The largest absolute Gasteiger partial charge is 0.351 e. The Balaban J connectivity index is 0.00000128. The molecule has 2 heterocycles. The summed E-state index contributed by atoms with van der Waals surface area (Å²) in [6, 6.07) is 0.520. The Morgan fingerprint density at radius 3 is 2.35 bits per heavy atom. The van der Waals surface area contributed by atoms with Gasteiger partial charge in [-0.25, -0.2) is 9.97 Å². The van der Waals surface area contributed by atoms with Crippen LogP contribution in [0.2, 0.25) is 0 Å².